The SMILES string of the molecule is CC1CCC(C(O)c2ccc(C(=O)O)o2)CC1. The molecule has 17 heavy (non-hydrogen) atoms. The van der Waals surface area contributed by atoms with Crippen molar-refractivity contribution in [2.75, 3.05) is 0 Å². The van der Waals surface area contributed by atoms with Gasteiger partial charge in [0.05, 0.1) is 0 Å². The molecule has 94 valence electrons. The smallest absolute Gasteiger partial charge is 0.371 e. The lowest BCUT2D eigenvalue weighted by Gasteiger charge is -2.28. The van der Waals surface area contributed by atoms with Crippen LogP contribution in [0.1, 0.15) is 55.0 Å². The summed E-state index contributed by atoms with van der Waals surface area (Å²) in [6.45, 7) is 2.22. The Kier molecular flexibility index (Phi) is 3.52. The standard InChI is InChI=1S/C13H18O4/c1-8-2-4-9(5-3-8)12(14)10-6-7-11(17-10)13(15)16/h6-9,12,14H,2-5H2,1H3,(H,15,16). The molecule has 0 amide bonds. The first kappa shape index (κ1) is 12.2. The summed E-state index contributed by atoms with van der Waals surface area (Å²) in [7, 11) is 0. The van der Waals surface area contributed by atoms with E-state index in [1.54, 1.807) is 6.07 Å². The number of hydrogen-bond acceptors (Lipinski definition) is 3. The summed E-state index contributed by atoms with van der Waals surface area (Å²) in [6, 6.07) is 2.96. The van der Waals surface area contributed by atoms with Crippen molar-refractivity contribution in [3.8, 4) is 0 Å². The number of carboxylic acid groups (broad SMARTS) is 1. The zero-order valence-electron chi connectivity index (χ0n) is 9.93. The fourth-order valence-corrected chi connectivity index (χ4v) is 2.46. The van der Waals surface area contributed by atoms with Crippen LogP contribution < -0.4 is 0 Å². The second-order valence-corrected chi connectivity index (χ2v) is 4.97. The van der Waals surface area contributed by atoms with E-state index in [-0.39, 0.29) is 11.7 Å². The van der Waals surface area contributed by atoms with Gasteiger partial charge in [0.25, 0.3) is 0 Å². The van der Waals surface area contributed by atoms with E-state index in [1.165, 1.54) is 6.07 Å². The number of aliphatic hydroxyl groups is 1. The topological polar surface area (TPSA) is 70.7 Å². The van der Waals surface area contributed by atoms with Crippen LogP contribution in [0.25, 0.3) is 0 Å². The van der Waals surface area contributed by atoms with Crippen LogP contribution in [0, 0.1) is 11.8 Å². The van der Waals surface area contributed by atoms with Gasteiger partial charge >= 0.3 is 5.97 Å². The van der Waals surface area contributed by atoms with Crippen LogP contribution in [-0.2, 0) is 0 Å². The number of hydrogen-bond donors (Lipinski definition) is 2. The number of carboxylic acids is 1. The molecule has 1 aromatic heterocycles. The van der Waals surface area contributed by atoms with E-state index in [9.17, 15) is 9.90 Å². The molecule has 1 aliphatic rings. The molecular weight excluding hydrogens is 220 g/mol. The van der Waals surface area contributed by atoms with Gasteiger partial charge in [-0.25, -0.2) is 4.79 Å². The van der Waals surface area contributed by atoms with Crippen LogP contribution in [-0.4, -0.2) is 16.2 Å². The predicted molar refractivity (Wildman–Crippen MR) is 61.7 cm³/mol. The molecule has 0 bridgehead atoms. The zero-order valence-corrected chi connectivity index (χ0v) is 9.93. The molecule has 1 fully saturated rings. The van der Waals surface area contributed by atoms with Crippen LogP contribution in [0.5, 0.6) is 0 Å². The Morgan fingerprint density at radius 3 is 2.53 bits per heavy atom. The van der Waals surface area contributed by atoms with Gasteiger partial charge in [-0.15, -0.1) is 0 Å². The van der Waals surface area contributed by atoms with Crippen molar-refractivity contribution < 1.29 is 19.4 Å². The molecule has 1 aromatic rings. The molecule has 1 heterocycles. The van der Waals surface area contributed by atoms with E-state index in [0.717, 1.165) is 31.6 Å². The summed E-state index contributed by atoms with van der Waals surface area (Å²) in [5.41, 5.74) is 0. The van der Waals surface area contributed by atoms with Crippen molar-refractivity contribution in [3.05, 3.63) is 23.7 Å². The largest absolute Gasteiger partial charge is 0.475 e. The molecule has 4 nitrogen and oxygen atoms in total. The van der Waals surface area contributed by atoms with Gasteiger partial charge in [-0.3, -0.25) is 0 Å². The highest BCUT2D eigenvalue weighted by Gasteiger charge is 2.28. The summed E-state index contributed by atoms with van der Waals surface area (Å²) in [5.74, 6) is 0.0922. The summed E-state index contributed by atoms with van der Waals surface area (Å²) < 4.78 is 5.14. The average Bonchev–Trinajstić information content (AvgIpc) is 2.78. The molecule has 0 radical (unpaired) electrons. The van der Waals surface area contributed by atoms with E-state index >= 15 is 0 Å². The third-order valence-electron chi connectivity index (χ3n) is 3.64. The van der Waals surface area contributed by atoms with Gasteiger partial charge in [-0.1, -0.05) is 19.8 Å². The summed E-state index contributed by atoms with van der Waals surface area (Å²) >= 11 is 0. The lowest BCUT2D eigenvalue weighted by molar-refractivity contribution is 0.0520. The predicted octanol–water partition coefficient (Wildman–Crippen LogP) is 2.84. The molecular formula is C13H18O4. The van der Waals surface area contributed by atoms with Gasteiger partial charge in [-0.05, 0) is 36.8 Å². The summed E-state index contributed by atoms with van der Waals surface area (Å²) in [4.78, 5) is 10.7. The van der Waals surface area contributed by atoms with Gasteiger partial charge in [0.15, 0.2) is 0 Å². The maximum Gasteiger partial charge on any atom is 0.371 e. The Morgan fingerprint density at radius 1 is 1.35 bits per heavy atom. The Bertz CT molecular complexity index is 388. The van der Waals surface area contributed by atoms with Gasteiger partial charge in [-0.2, -0.15) is 0 Å². The first-order valence-corrected chi connectivity index (χ1v) is 6.09. The number of aliphatic hydroxyl groups excluding tert-OH is 1. The summed E-state index contributed by atoms with van der Waals surface area (Å²) in [5, 5.41) is 18.9. The van der Waals surface area contributed by atoms with E-state index in [1.807, 2.05) is 0 Å². The first-order chi connectivity index (χ1) is 8.08. The Morgan fingerprint density at radius 2 is 2.00 bits per heavy atom. The maximum atomic E-state index is 10.7. The van der Waals surface area contributed by atoms with E-state index in [4.69, 9.17) is 9.52 Å². The fourth-order valence-electron chi connectivity index (χ4n) is 2.46. The van der Waals surface area contributed by atoms with E-state index < -0.39 is 12.1 Å². The van der Waals surface area contributed by atoms with Crippen molar-refractivity contribution in [3.63, 3.8) is 0 Å². The van der Waals surface area contributed by atoms with Crippen LogP contribution in [0.3, 0.4) is 0 Å². The molecule has 1 aliphatic carbocycles. The molecule has 1 saturated carbocycles. The van der Waals surface area contributed by atoms with Crippen LogP contribution in [0.2, 0.25) is 0 Å². The number of aromatic carboxylic acids is 1. The second kappa shape index (κ2) is 4.92. The highest BCUT2D eigenvalue weighted by atomic mass is 16.4. The Balaban J connectivity index is 2.03. The summed E-state index contributed by atoms with van der Waals surface area (Å²) in [6.07, 6.45) is 3.52. The van der Waals surface area contributed by atoms with Gasteiger partial charge < -0.3 is 14.6 Å². The number of carbonyl (C=O) groups is 1. The third-order valence-corrected chi connectivity index (χ3v) is 3.64. The Labute approximate surface area is 100 Å². The number of rotatable bonds is 3. The molecule has 0 spiro atoms. The van der Waals surface area contributed by atoms with Crippen molar-refractivity contribution in [2.24, 2.45) is 11.8 Å². The van der Waals surface area contributed by atoms with Crippen LogP contribution in [0.15, 0.2) is 16.5 Å². The van der Waals surface area contributed by atoms with Crippen LogP contribution in [0.4, 0.5) is 0 Å². The van der Waals surface area contributed by atoms with E-state index in [0.29, 0.717) is 5.76 Å². The zero-order chi connectivity index (χ0) is 12.4. The minimum absolute atomic E-state index is 0.108. The minimum atomic E-state index is -1.10. The highest BCUT2D eigenvalue weighted by Crippen LogP contribution is 2.37. The van der Waals surface area contributed by atoms with Gasteiger partial charge in [0.1, 0.15) is 11.9 Å². The highest BCUT2D eigenvalue weighted by molar-refractivity contribution is 5.84. The van der Waals surface area contributed by atoms with E-state index in [2.05, 4.69) is 6.92 Å². The fraction of sp³-hybridized carbons (Fsp3) is 0.615. The molecule has 1 unspecified atom stereocenters. The molecule has 2 N–H and O–H groups in total. The van der Waals surface area contributed by atoms with Gasteiger partial charge in [0.2, 0.25) is 5.76 Å². The number of furan rings is 1. The average molecular weight is 238 g/mol. The molecule has 4 heteroatoms. The van der Waals surface area contributed by atoms with Crippen molar-refractivity contribution in [1.82, 2.24) is 0 Å². The molecule has 1 atom stereocenters. The maximum absolute atomic E-state index is 10.7. The van der Waals surface area contributed by atoms with Crippen molar-refractivity contribution in [2.45, 2.75) is 38.7 Å². The molecule has 0 aliphatic heterocycles. The third kappa shape index (κ3) is 2.69. The molecule has 0 saturated heterocycles. The first-order valence-electron chi connectivity index (χ1n) is 6.09. The van der Waals surface area contributed by atoms with Crippen LogP contribution >= 0.6 is 0 Å². The molecule has 0 aromatic carbocycles. The Hall–Kier alpha value is -1.29. The normalized spacial score (nSPS) is 26.7. The monoisotopic (exact) mass is 238 g/mol. The second-order valence-electron chi connectivity index (χ2n) is 4.97. The van der Waals surface area contributed by atoms with Crippen molar-refractivity contribution >= 4 is 5.97 Å². The van der Waals surface area contributed by atoms with Crippen molar-refractivity contribution in [1.29, 1.82) is 0 Å². The molecule has 2 rings (SSSR count). The lowest BCUT2D eigenvalue weighted by atomic mass is 9.80. The lowest BCUT2D eigenvalue weighted by Crippen LogP contribution is -2.18. The quantitative estimate of drug-likeness (QED) is 0.849. The minimum Gasteiger partial charge on any atom is -0.475 e. The van der Waals surface area contributed by atoms with Gasteiger partial charge in [0, 0.05) is 0 Å².